The number of carbonyl (C=O) groups excluding carboxylic acids is 1. The molecule has 7 nitrogen and oxygen atoms in total. The third-order valence-electron chi connectivity index (χ3n) is 5.74. The lowest BCUT2D eigenvalue weighted by Crippen LogP contribution is -2.55. The lowest BCUT2D eigenvalue weighted by molar-refractivity contribution is -0.162. The first-order valence-corrected chi connectivity index (χ1v) is 8.17. The molecule has 146 valence electrons. The van der Waals surface area contributed by atoms with Crippen LogP contribution in [0.15, 0.2) is 12.2 Å². The van der Waals surface area contributed by atoms with Crippen LogP contribution in [0.1, 0.15) is 54.4 Å². The van der Waals surface area contributed by atoms with Crippen LogP contribution in [0.3, 0.4) is 0 Å². The van der Waals surface area contributed by atoms with Gasteiger partial charge in [0.15, 0.2) is 0 Å². The van der Waals surface area contributed by atoms with E-state index in [0.717, 1.165) is 0 Å². The number of rotatable bonds is 9. The molecule has 0 aliphatic carbocycles. The second-order valence-corrected chi connectivity index (χ2v) is 8.44. The SMILES string of the molecule is C#[N+]C(CC(C)(C)C(C)(C)C(=O)OC)(C(=O)O)C(C)(C)CC(=C)C(=O)O. The summed E-state index contributed by atoms with van der Waals surface area (Å²) in [7, 11) is 1.26. The molecule has 26 heavy (non-hydrogen) atoms. The van der Waals surface area contributed by atoms with Crippen LogP contribution >= 0.6 is 0 Å². The Morgan fingerprint density at radius 1 is 1.04 bits per heavy atom. The molecule has 0 aliphatic heterocycles. The molecule has 0 radical (unpaired) electrons. The van der Waals surface area contributed by atoms with E-state index in [-0.39, 0.29) is 18.4 Å². The standard InChI is InChI=1S/C19H29NO6/c1-12(13(21)22)10-16(2,3)19(20-8,14(23)24)11-17(4,5)18(6,7)15(25)26-9/h8H,1,10-11H2,2-7,9H3,(H-,21,22,23,24)/p+1. The van der Waals surface area contributed by atoms with Gasteiger partial charge >= 0.3 is 23.4 Å². The summed E-state index contributed by atoms with van der Waals surface area (Å²) < 4.78 is 4.85. The second-order valence-electron chi connectivity index (χ2n) is 8.44. The van der Waals surface area contributed by atoms with E-state index in [1.54, 1.807) is 41.5 Å². The zero-order valence-electron chi connectivity index (χ0n) is 16.7. The minimum absolute atomic E-state index is 0.103. The molecule has 0 rings (SSSR count). The molecule has 1 atom stereocenters. The van der Waals surface area contributed by atoms with Gasteiger partial charge in [-0.05, 0) is 25.7 Å². The highest BCUT2D eigenvalue weighted by Gasteiger charge is 2.66. The topological polar surface area (TPSA) is 105 Å². The van der Waals surface area contributed by atoms with Crippen LogP contribution in [0.2, 0.25) is 0 Å². The first-order valence-electron chi connectivity index (χ1n) is 8.17. The van der Waals surface area contributed by atoms with Crippen molar-refractivity contribution >= 4 is 17.9 Å². The highest BCUT2D eigenvalue weighted by atomic mass is 16.5. The molecule has 7 heteroatoms. The van der Waals surface area contributed by atoms with Crippen LogP contribution in [-0.2, 0) is 19.1 Å². The maximum atomic E-state index is 12.2. The maximum Gasteiger partial charge on any atom is 0.396 e. The Morgan fingerprint density at radius 3 is 1.81 bits per heavy atom. The Hall–Kier alpha value is -2.36. The predicted octanol–water partition coefficient (Wildman–Crippen LogP) is 3.45. The average Bonchev–Trinajstić information content (AvgIpc) is 2.50. The number of aliphatic carboxylic acids is 2. The molecule has 0 fully saturated rings. The first kappa shape index (κ1) is 23.6. The van der Waals surface area contributed by atoms with Crippen molar-refractivity contribution in [3.8, 4) is 6.57 Å². The van der Waals surface area contributed by atoms with Gasteiger partial charge in [-0.15, -0.1) is 0 Å². The number of carboxylic acid groups (broad SMARTS) is 2. The number of hydrogen-bond acceptors (Lipinski definition) is 4. The molecular weight excluding hydrogens is 338 g/mol. The monoisotopic (exact) mass is 368 g/mol. The van der Waals surface area contributed by atoms with E-state index in [1.165, 1.54) is 7.11 Å². The molecule has 2 N–H and O–H groups in total. The fourth-order valence-electron chi connectivity index (χ4n) is 3.03. The second kappa shape index (κ2) is 7.48. The Kier molecular flexibility index (Phi) is 6.80. The van der Waals surface area contributed by atoms with Crippen molar-refractivity contribution in [3.63, 3.8) is 0 Å². The van der Waals surface area contributed by atoms with Gasteiger partial charge in [-0.25, -0.2) is 9.59 Å². The lowest BCUT2D eigenvalue weighted by atomic mass is 9.56. The van der Waals surface area contributed by atoms with Crippen molar-refractivity contribution in [2.75, 3.05) is 7.11 Å². The number of hydrogen-bond donors (Lipinski definition) is 2. The predicted molar refractivity (Wildman–Crippen MR) is 98.0 cm³/mol. The minimum atomic E-state index is -1.83. The van der Waals surface area contributed by atoms with E-state index in [9.17, 15) is 19.5 Å². The van der Waals surface area contributed by atoms with Crippen LogP contribution in [-0.4, -0.2) is 40.8 Å². The van der Waals surface area contributed by atoms with E-state index in [0.29, 0.717) is 0 Å². The highest BCUT2D eigenvalue weighted by molar-refractivity contribution is 5.87. The van der Waals surface area contributed by atoms with Crippen molar-refractivity contribution in [1.82, 2.24) is 0 Å². The molecule has 0 saturated heterocycles. The number of nitrogens with zero attached hydrogens (tertiary/aromatic N) is 1. The summed E-state index contributed by atoms with van der Waals surface area (Å²) in [6, 6.07) is 0. The molecule has 0 aromatic heterocycles. The molecule has 1 unspecified atom stereocenters. The van der Waals surface area contributed by atoms with E-state index in [2.05, 4.69) is 11.4 Å². The molecule has 0 amide bonds. The summed E-state index contributed by atoms with van der Waals surface area (Å²) in [5.41, 5.74) is -5.07. The molecular formula is C19H30NO6+. The molecule has 0 saturated carbocycles. The Labute approximate surface area is 154 Å². The van der Waals surface area contributed by atoms with Crippen molar-refractivity contribution in [3.05, 3.63) is 17.0 Å². The van der Waals surface area contributed by atoms with E-state index in [4.69, 9.17) is 16.4 Å². The summed E-state index contributed by atoms with van der Waals surface area (Å²) in [4.78, 5) is 39.3. The van der Waals surface area contributed by atoms with E-state index in [1.807, 2.05) is 0 Å². The zero-order chi connectivity index (χ0) is 21.1. The first-order chi connectivity index (χ1) is 11.5. The number of carboxylic acids is 2. The van der Waals surface area contributed by atoms with E-state index < -0.39 is 39.7 Å². The molecule has 0 spiro atoms. The van der Waals surface area contributed by atoms with Gasteiger partial charge in [0.25, 0.3) is 6.57 Å². The normalized spacial score (nSPS) is 14.7. The molecule has 0 aromatic rings. The van der Waals surface area contributed by atoms with Gasteiger partial charge in [0.2, 0.25) is 0 Å². The number of esters is 1. The van der Waals surface area contributed by atoms with Gasteiger partial charge < -0.3 is 14.9 Å². The summed E-state index contributed by atoms with van der Waals surface area (Å²) in [6.45, 7) is 19.0. The summed E-state index contributed by atoms with van der Waals surface area (Å²) >= 11 is 0. The third-order valence-corrected chi connectivity index (χ3v) is 5.74. The molecule has 0 heterocycles. The van der Waals surface area contributed by atoms with Crippen LogP contribution in [0.25, 0.3) is 4.85 Å². The lowest BCUT2D eigenvalue weighted by Gasteiger charge is -2.43. The Balaban J connectivity index is 6.26. The van der Waals surface area contributed by atoms with Crippen molar-refractivity contribution in [2.45, 2.75) is 59.9 Å². The summed E-state index contributed by atoms with van der Waals surface area (Å²) in [6.07, 6.45) is -0.238. The van der Waals surface area contributed by atoms with Gasteiger partial charge in [0, 0.05) is 12.0 Å². The van der Waals surface area contributed by atoms with Crippen LogP contribution in [0, 0.1) is 22.8 Å². The Morgan fingerprint density at radius 2 is 1.50 bits per heavy atom. The average molecular weight is 368 g/mol. The fraction of sp³-hybridized carbons (Fsp3) is 0.684. The van der Waals surface area contributed by atoms with Crippen molar-refractivity contribution in [2.24, 2.45) is 16.2 Å². The van der Waals surface area contributed by atoms with Crippen LogP contribution in [0.4, 0.5) is 0 Å². The van der Waals surface area contributed by atoms with Gasteiger partial charge in [-0.1, -0.05) is 39.1 Å². The van der Waals surface area contributed by atoms with Crippen molar-refractivity contribution < 1.29 is 29.3 Å². The summed E-state index contributed by atoms with van der Waals surface area (Å²) in [5, 5.41) is 19.1. The van der Waals surface area contributed by atoms with Gasteiger partial charge in [-0.3, -0.25) is 4.79 Å². The summed E-state index contributed by atoms with van der Waals surface area (Å²) in [5.74, 6) is -3.01. The maximum absolute atomic E-state index is 12.2. The number of carbonyl (C=O) groups is 3. The number of methoxy groups -OCH3 is 1. The van der Waals surface area contributed by atoms with Crippen molar-refractivity contribution in [1.29, 1.82) is 0 Å². The molecule has 0 aliphatic rings. The van der Waals surface area contributed by atoms with Crippen LogP contribution < -0.4 is 0 Å². The molecule has 0 bridgehead atoms. The highest BCUT2D eigenvalue weighted by Crippen LogP contribution is 2.52. The Bertz CT molecular complexity index is 653. The van der Waals surface area contributed by atoms with Crippen LogP contribution in [0.5, 0.6) is 0 Å². The van der Waals surface area contributed by atoms with Gasteiger partial charge in [0.1, 0.15) is 0 Å². The fourth-order valence-corrected chi connectivity index (χ4v) is 3.03. The zero-order valence-corrected chi connectivity index (χ0v) is 16.7. The minimum Gasteiger partial charge on any atom is -0.478 e. The molecule has 0 aromatic carbocycles. The quantitative estimate of drug-likeness (QED) is 0.477. The third kappa shape index (κ3) is 4.06. The van der Waals surface area contributed by atoms with Gasteiger partial charge in [-0.2, -0.15) is 0 Å². The largest absolute Gasteiger partial charge is 0.478 e. The smallest absolute Gasteiger partial charge is 0.396 e. The van der Waals surface area contributed by atoms with Gasteiger partial charge in [0.05, 0.1) is 17.9 Å². The van der Waals surface area contributed by atoms with E-state index >= 15 is 0 Å². The number of ether oxygens (including phenoxy) is 1.